The number of carbonyl (C=O) groups is 2. The second-order valence-corrected chi connectivity index (χ2v) is 5.07. The number of carboxylic acid groups (broad SMARTS) is 1. The van der Waals surface area contributed by atoms with E-state index in [9.17, 15) is 9.59 Å². The fourth-order valence-electron chi connectivity index (χ4n) is 1.85. The van der Waals surface area contributed by atoms with Crippen LogP contribution in [-0.4, -0.2) is 48.8 Å². The molecule has 1 rings (SSSR count). The van der Waals surface area contributed by atoms with Gasteiger partial charge in [-0.2, -0.15) is 0 Å². The molecule has 0 bridgehead atoms. The third-order valence-electron chi connectivity index (χ3n) is 3.24. The summed E-state index contributed by atoms with van der Waals surface area (Å²) in [5.74, 6) is -0.914. The molecule has 0 heterocycles. The van der Waals surface area contributed by atoms with Gasteiger partial charge in [0.25, 0.3) is 0 Å². The predicted octanol–water partition coefficient (Wildman–Crippen LogP) is 2.27. The van der Waals surface area contributed by atoms with E-state index in [2.05, 4.69) is 5.32 Å². The van der Waals surface area contributed by atoms with Gasteiger partial charge < -0.3 is 20.1 Å². The molecule has 1 aromatic carbocycles. The molecule has 0 fully saturated rings. The minimum absolute atomic E-state index is 0.0233. The van der Waals surface area contributed by atoms with Crippen molar-refractivity contribution >= 4 is 12.0 Å². The summed E-state index contributed by atoms with van der Waals surface area (Å²) in [5, 5.41) is 11.3. The summed E-state index contributed by atoms with van der Waals surface area (Å²) in [6, 6.07) is 9.68. The third kappa shape index (κ3) is 7.08. The normalized spacial score (nSPS) is 11.7. The Bertz CT molecular complexity index is 464. The molecule has 2 amide bonds. The van der Waals surface area contributed by atoms with E-state index in [4.69, 9.17) is 9.84 Å². The highest BCUT2D eigenvalue weighted by Gasteiger charge is 2.09. The van der Waals surface area contributed by atoms with Crippen LogP contribution >= 0.6 is 0 Å². The van der Waals surface area contributed by atoms with Gasteiger partial charge in [-0.3, -0.25) is 4.79 Å². The van der Waals surface area contributed by atoms with Crippen LogP contribution in [0.2, 0.25) is 0 Å². The van der Waals surface area contributed by atoms with Crippen molar-refractivity contribution in [2.75, 3.05) is 26.7 Å². The molecule has 0 radical (unpaired) electrons. The first-order valence-corrected chi connectivity index (χ1v) is 7.38. The Morgan fingerprint density at radius 2 is 2.00 bits per heavy atom. The number of urea groups is 1. The average Bonchev–Trinajstić information content (AvgIpc) is 2.52. The number of carbonyl (C=O) groups excluding carboxylic acids is 1. The molecule has 2 N–H and O–H groups in total. The Kier molecular flexibility index (Phi) is 7.99. The number of hydrogen-bond donors (Lipinski definition) is 2. The summed E-state index contributed by atoms with van der Waals surface area (Å²) in [6.45, 7) is 3.24. The van der Waals surface area contributed by atoms with E-state index in [0.29, 0.717) is 19.6 Å². The maximum atomic E-state index is 11.7. The van der Waals surface area contributed by atoms with Crippen LogP contribution in [0.1, 0.15) is 31.4 Å². The molecule has 0 saturated heterocycles. The van der Waals surface area contributed by atoms with E-state index >= 15 is 0 Å². The van der Waals surface area contributed by atoms with Gasteiger partial charge in [0.15, 0.2) is 0 Å². The molecule has 0 aliphatic rings. The van der Waals surface area contributed by atoms with Crippen molar-refractivity contribution in [2.24, 2.45) is 0 Å². The number of aliphatic carboxylic acids is 1. The number of amides is 2. The lowest BCUT2D eigenvalue weighted by Gasteiger charge is -2.17. The van der Waals surface area contributed by atoms with E-state index in [1.54, 1.807) is 7.05 Å². The number of rotatable bonds is 9. The minimum atomic E-state index is -0.914. The summed E-state index contributed by atoms with van der Waals surface area (Å²) in [5.41, 5.74) is 1.12. The van der Waals surface area contributed by atoms with E-state index < -0.39 is 5.97 Å². The van der Waals surface area contributed by atoms with Crippen LogP contribution in [0.3, 0.4) is 0 Å². The third-order valence-corrected chi connectivity index (χ3v) is 3.24. The van der Waals surface area contributed by atoms with Crippen LogP contribution in [0.4, 0.5) is 4.79 Å². The first-order chi connectivity index (χ1) is 10.5. The second-order valence-electron chi connectivity index (χ2n) is 5.07. The van der Waals surface area contributed by atoms with Gasteiger partial charge in [-0.15, -0.1) is 0 Å². The molecule has 0 aliphatic heterocycles. The SMILES string of the molecule is CC(OCCCNC(=O)N(C)CCC(=O)O)c1ccccc1. The first-order valence-electron chi connectivity index (χ1n) is 7.38. The molecule has 1 unspecified atom stereocenters. The van der Waals surface area contributed by atoms with E-state index in [0.717, 1.165) is 5.56 Å². The van der Waals surface area contributed by atoms with Gasteiger partial charge in [0, 0.05) is 26.7 Å². The number of hydrogen-bond acceptors (Lipinski definition) is 3. The Balaban J connectivity index is 2.12. The zero-order valence-electron chi connectivity index (χ0n) is 13.1. The van der Waals surface area contributed by atoms with Crippen LogP contribution in [0, 0.1) is 0 Å². The summed E-state index contributed by atoms with van der Waals surface area (Å²) in [4.78, 5) is 23.4. The lowest BCUT2D eigenvalue weighted by atomic mass is 10.1. The molecule has 1 atom stereocenters. The Labute approximate surface area is 131 Å². The summed E-state index contributed by atoms with van der Waals surface area (Å²) in [7, 11) is 1.58. The molecule has 6 nitrogen and oxygen atoms in total. The van der Waals surface area contributed by atoms with E-state index in [1.807, 2.05) is 37.3 Å². The standard InChI is InChI=1S/C16H24N2O4/c1-13(14-7-4-3-5-8-14)22-12-6-10-17-16(21)18(2)11-9-15(19)20/h3-5,7-8,13H,6,9-12H2,1-2H3,(H,17,21)(H,19,20). The fraction of sp³-hybridized carbons (Fsp3) is 0.500. The molecular formula is C16H24N2O4. The van der Waals surface area contributed by atoms with Gasteiger partial charge in [0.05, 0.1) is 12.5 Å². The smallest absolute Gasteiger partial charge is 0.317 e. The lowest BCUT2D eigenvalue weighted by molar-refractivity contribution is -0.137. The highest BCUT2D eigenvalue weighted by atomic mass is 16.5. The molecular weight excluding hydrogens is 284 g/mol. The molecule has 0 spiro atoms. The van der Waals surface area contributed by atoms with Gasteiger partial charge in [-0.05, 0) is 18.9 Å². The Morgan fingerprint density at radius 1 is 1.32 bits per heavy atom. The topological polar surface area (TPSA) is 78.9 Å². The molecule has 0 aromatic heterocycles. The maximum Gasteiger partial charge on any atom is 0.317 e. The summed E-state index contributed by atoms with van der Waals surface area (Å²) in [6.07, 6.45) is 0.673. The number of nitrogens with one attached hydrogen (secondary N) is 1. The van der Waals surface area contributed by atoms with Gasteiger partial charge in [0.1, 0.15) is 0 Å². The van der Waals surface area contributed by atoms with Crippen molar-refractivity contribution in [3.8, 4) is 0 Å². The van der Waals surface area contributed by atoms with E-state index in [-0.39, 0.29) is 25.1 Å². The molecule has 0 saturated carbocycles. The predicted molar refractivity (Wildman–Crippen MR) is 83.7 cm³/mol. The van der Waals surface area contributed by atoms with Gasteiger partial charge in [-0.1, -0.05) is 30.3 Å². The number of carboxylic acids is 1. The minimum Gasteiger partial charge on any atom is -0.481 e. The summed E-state index contributed by atoms with van der Waals surface area (Å²) >= 11 is 0. The first kappa shape index (κ1) is 18.0. The molecule has 22 heavy (non-hydrogen) atoms. The van der Waals surface area contributed by atoms with Gasteiger partial charge in [0.2, 0.25) is 0 Å². The van der Waals surface area contributed by atoms with Gasteiger partial charge in [-0.25, -0.2) is 4.79 Å². The van der Waals surface area contributed by atoms with Crippen LogP contribution < -0.4 is 5.32 Å². The van der Waals surface area contributed by atoms with Crippen molar-refractivity contribution in [3.63, 3.8) is 0 Å². The zero-order chi connectivity index (χ0) is 16.4. The van der Waals surface area contributed by atoms with Crippen LogP contribution in [0.15, 0.2) is 30.3 Å². The molecule has 6 heteroatoms. The Morgan fingerprint density at radius 3 is 2.64 bits per heavy atom. The van der Waals surface area contributed by atoms with Crippen molar-refractivity contribution in [3.05, 3.63) is 35.9 Å². The van der Waals surface area contributed by atoms with E-state index in [1.165, 1.54) is 4.90 Å². The van der Waals surface area contributed by atoms with Crippen molar-refractivity contribution in [1.82, 2.24) is 10.2 Å². The van der Waals surface area contributed by atoms with Gasteiger partial charge >= 0.3 is 12.0 Å². The quantitative estimate of drug-likeness (QED) is 0.686. The van der Waals surface area contributed by atoms with Crippen molar-refractivity contribution in [1.29, 1.82) is 0 Å². The monoisotopic (exact) mass is 308 g/mol. The molecule has 122 valence electrons. The molecule has 1 aromatic rings. The van der Waals surface area contributed by atoms with Crippen molar-refractivity contribution < 1.29 is 19.4 Å². The molecule has 0 aliphatic carbocycles. The van der Waals surface area contributed by atoms with Crippen LogP contribution in [-0.2, 0) is 9.53 Å². The Hall–Kier alpha value is -2.08. The number of ether oxygens (including phenoxy) is 1. The lowest BCUT2D eigenvalue weighted by Crippen LogP contribution is -2.39. The number of nitrogens with zero attached hydrogens (tertiary/aromatic N) is 1. The zero-order valence-corrected chi connectivity index (χ0v) is 13.1. The maximum absolute atomic E-state index is 11.7. The summed E-state index contributed by atoms with van der Waals surface area (Å²) < 4.78 is 5.71. The van der Waals surface area contributed by atoms with Crippen LogP contribution in [0.25, 0.3) is 0 Å². The largest absolute Gasteiger partial charge is 0.481 e. The van der Waals surface area contributed by atoms with Crippen LogP contribution in [0.5, 0.6) is 0 Å². The van der Waals surface area contributed by atoms with Crippen molar-refractivity contribution in [2.45, 2.75) is 25.9 Å². The highest BCUT2D eigenvalue weighted by Crippen LogP contribution is 2.15. The fourth-order valence-corrected chi connectivity index (χ4v) is 1.85. The highest BCUT2D eigenvalue weighted by molar-refractivity contribution is 5.74. The average molecular weight is 308 g/mol. The number of benzene rings is 1. The second kappa shape index (κ2) is 9.78.